The van der Waals surface area contributed by atoms with Gasteiger partial charge in [-0.3, -0.25) is 10.1 Å². The van der Waals surface area contributed by atoms with Gasteiger partial charge in [0.1, 0.15) is 11.6 Å². The quantitative estimate of drug-likeness (QED) is 0.603. The van der Waals surface area contributed by atoms with E-state index in [0.29, 0.717) is 6.07 Å². The third-order valence-electron chi connectivity index (χ3n) is 2.28. The van der Waals surface area contributed by atoms with Gasteiger partial charge in [-0.2, -0.15) is 4.39 Å². The molecule has 0 saturated carbocycles. The third kappa shape index (κ3) is 2.90. The molecule has 2 aromatic carbocycles. The minimum atomic E-state index is -1.51. The Balaban J connectivity index is 2.52. The van der Waals surface area contributed by atoms with Gasteiger partial charge in [0.2, 0.25) is 11.6 Å². The first-order valence-electron chi connectivity index (χ1n) is 5.15. The molecule has 0 amide bonds. The maximum Gasteiger partial charge on any atom is 0.314 e. The monoisotopic (exact) mass is 347 g/mol. The van der Waals surface area contributed by atoms with Crippen LogP contribution in [0.15, 0.2) is 34.8 Å². The Morgan fingerprint density at radius 3 is 2.45 bits per heavy atom. The molecule has 0 fully saturated rings. The molecule has 0 atom stereocenters. The summed E-state index contributed by atoms with van der Waals surface area (Å²) in [4.78, 5) is 9.84. The standard InChI is InChI=1S/C12H5BrF3NO3/c13-6-3-7(14)5-8(4-6)20-12-10(17(18)19)2-1-9(15)11(12)16/h1-5H. The van der Waals surface area contributed by atoms with Crippen molar-refractivity contribution in [2.45, 2.75) is 0 Å². The van der Waals surface area contributed by atoms with Gasteiger partial charge in [-0.1, -0.05) is 15.9 Å². The lowest BCUT2D eigenvalue weighted by molar-refractivity contribution is -0.385. The van der Waals surface area contributed by atoms with Gasteiger partial charge in [-0.05, 0) is 18.2 Å². The molecule has 0 aliphatic carbocycles. The Morgan fingerprint density at radius 1 is 1.15 bits per heavy atom. The van der Waals surface area contributed by atoms with E-state index in [2.05, 4.69) is 15.9 Å². The van der Waals surface area contributed by atoms with Gasteiger partial charge in [0.25, 0.3) is 0 Å². The van der Waals surface area contributed by atoms with E-state index in [1.165, 1.54) is 6.07 Å². The van der Waals surface area contributed by atoms with Crippen molar-refractivity contribution >= 4 is 21.6 Å². The second kappa shape index (κ2) is 5.49. The molecule has 4 nitrogen and oxygen atoms in total. The van der Waals surface area contributed by atoms with Crippen molar-refractivity contribution in [3.63, 3.8) is 0 Å². The van der Waals surface area contributed by atoms with Gasteiger partial charge in [0.15, 0.2) is 5.82 Å². The highest BCUT2D eigenvalue weighted by Crippen LogP contribution is 2.36. The molecule has 20 heavy (non-hydrogen) atoms. The van der Waals surface area contributed by atoms with Crippen LogP contribution in [0.5, 0.6) is 11.5 Å². The van der Waals surface area contributed by atoms with Crippen LogP contribution < -0.4 is 4.74 Å². The minimum absolute atomic E-state index is 0.204. The second-order valence-electron chi connectivity index (χ2n) is 3.67. The van der Waals surface area contributed by atoms with Crippen LogP contribution >= 0.6 is 15.9 Å². The molecule has 0 aromatic heterocycles. The summed E-state index contributed by atoms with van der Waals surface area (Å²) < 4.78 is 45.1. The van der Waals surface area contributed by atoms with E-state index in [0.717, 1.165) is 18.2 Å². The van der Waals surface area contributed by atoms with E-state index in [4.69, 9.17) is 4.74 Å². The maximum absolute atomic E-state index is 13.6. The van der Waals surface area contributed by atoms with Crippen LogP contribution in [-0.2, 0) is 0 Å². The van der Waals surface area contributed by atoms with Gasteiger partial charge >= 0.3 is 5.69 Å². The van der Waals surface area contributed by atoms with Crippen molar-refractivity contribution in [3.8, 4) is 11.5 Å². The number of rotatable bonds is 3. The molecule has 2 rings (SSSR count). The fraction of sp³-hybridized carbons (Fsp3) is 0. The first-order chi connectivity index (χ1) is 9.38. The summed E-state index contributed by atoms with van der Waals surface area (Å²) >= 11 is 2.99. The lowest BCUT2D eigenvalue weighted by atomic mass is 10.2. The van der Waals surface area contributed by atoms with E-state index in [9.17, 15) is 23.3 Å². The van der Waals surface area contributed by atoms with Crippen molar-refractivity contribution in [3.05, 3.63) is 62.4 Å². The summed E-state index contributed by atoms with van der Waals surface area (Å²) in [5.74, 6) is -4.63. The molecule has 104 valence electrons. The number of nitrogens with zero attached hydrogens (tertiary/aromatic N) is 1. The van der Waals surface area contributed by atoms with Crippen LogP contribution in [-0.4, -0.2) is 4.92 Å². The normalized spacial score (nSPS) is 10.4. The molecule has 8 heteroatoms. The Bertz CT molecular complexity index is 674. The fourth-order valence-corrected chi connectivity index (χ4v) is 1.91. The Labute approximate surface area is 119 Å². The number of nitro groups is 1. The zero-order valence-electron chi connectivity index (χ0n) is 9.57. The highest BCUT2D eigenvalue weighted by molar-refractivity contribution is 9.10. The summed E-state index contributed by atoms with van der Waals surface area (Å²) in [5.41, 5.74) is -0.760. The molecular weight excluding hydrogens is 343 g/mol. The molecule has 0 unspecified atom stereocenters. The highest BCUT2D eigenvalue weighted by atomic mass is 79.9. The molecule has 0 bridgehead atoms. The largest absolute Gasteiger partial charge is 0.447 e. The van der Waals surface area contributed by atoms with Gasteiger partial charge < -0.3 is 4.74 Å². The summed E-state index contributed by atoms with van der Waals surface area (Å²) in [5, 5.41) is 10.8. The summed E-state index contributed by atoms with van der Waals surface area (Å²) in [6.07, 6.45) is 0. The van der Waals surface area contributed by atoms with E-state index in [1.54, 1.807) is 0 Å². The van der Waals surface area contributed by atoms with Crippen LogP contribution in [0.3, 0.4) is 0 Å². The van der Waals surface area contributed by atoms with Crippen LogP contribution in [0.1, 0.15) is 0 Å². The Kier molecular flexibility index (Phi) is 3.93. The zero-order chi connectivity index (χ0) is 14.9. The van der Waals surface area contributed by atoms with Crippen molar-refractivity contribution < 1.29 is 22.8 Å². The van der Waals surface area contributed by atoms with Crippen molar-refractivity contribution in [2.75, 3.05) is 0 Å². The lowest BCUT2D eigenvalue weighted by Crippen LogP contribution is -1.98. The molecule has 0 N–H and O–H groups in total. The number of halogens is 4. The minimum Gasteiger partial charge on any atom is -0.447 e. The van der Waals surface area contributed by atoms with Gasteiger partial charge in [-0.25, -0.2) is 8.78 Å². The predicted molar refractivity (Wildman–Crippen MR) is 67.2 cm³/mol. The Morgan fingerprint density at radius 2 is 1.85 bits per heavy atom. The first-order valence-corrected chi connectivity index (χ1v) is 5.94. The second-order valence-corrected chi connectivity index (χ2v) is 4.59. The lowest BCUT2D eigenvalue weighted by Gasteiger charge is -2.08. The summed E-state index contributed by atoms with van der Waals surface area (Å²) in [6, 6.07) is 4.64. The molecule has 0 aliphatic rings. The molecule has 0 aliphatic heterocycles. The van der Waals surface area contributed by atoms with Crippen molar-refractivity contribution in [1.82, 2.24) is 0 Å². The summed E-state index contributed by atoms with van der Waals surface area (Å²) in [7, 11) is 0. The van der Waals surface area contributed by atoms with E-state index >= 15 is 0 Å². The van der Waals surface area contributed by atoms with Gasteiger partial charge in [-0.15, -0.1) is 0 Å². The molecule has 0 radical (unpaired) electrons. The fourth-order valence-electron chi connectivity index (χ4n) is 1.47. The average molecular weight is 348 g/mol. The molecule has 2 aromatic rings. The highest BCUT2D eigenvalue weighted by Gasteiger charge is 2.24. The first kappa shape index (κ1) is 14.3. The topological polar surface area (TPSA) is 52.4 Å². The van der Waals surface area contributed by atoms with E-state index in [1.807, 2.05) is 0 Å². The molecule has 0 spiro atoms. The number of ether oxygens (including phenoxy) is 1. The van der Waals surface area contributed by atoms with Gasteiger partial charge in [0, 0.05) is 16.6 Å². The van der Waals surface area contributed by atoms with E-state index < -0.39 is 33.8 Å². The molecular formula is C12H5BrF3NO3. The number of hydrogen-bond acceptors (Lipinski definition) is 3. The SMILES string of the molecule is O=[N+]([O-])c1ccc(F)c(F)c1Oc1cc(F)cc(Br)c1. The van der Waals surface area contributed by atoms with Crippen molar-refractivity contribution in [1.29, 1.82) is 0 Å². The van der Waals surface area contributed by atoms with Crippen LogP contribution in [0.2, 0.25) is 0 Å². The van der Waals surface area contributed by atoms with Crippen molar-refractivity contribution in [2.24, 2.45) is 0 Å². The predicted octanol–water partition coefficient (Wildman–Crippen LogP) is 4.57. The van der Waals surface area contributed by atoms with Crippen LogP contribution in [0.4, 0.5) is 18.9 Å². The Hall–Kier alpha value is -2.09. The molecule has 0 heterocycles. The number of nitro benzene ring substituents is 1. The zero-order valence-corrected chi connectivity index (χ0v) is 11.2. The molecule has 0 saturated heterocycles. The van der Waals surface area contributed by atoms with Crippen LogP contribution in [0, 0.1) is 27.6 Å². The number of hydrogen-bond donors (Lipinski definition) is 0. The third-order valence-corrected chi connectivity index (χ3v) is 2.74. The summed E-state index contributed by atoms with van der Waals surface area (Å²) in [6.45, 7) is 0. The van der Waals surface area contributed by atoms with E-state index in [-0.39, 0.29) is 10.2 Å². The number of benzene rings is 2. The maximum atomic E-state index is 13.6. The average Bonchev–Trinajstić information content (AvgIpc) is 2.33. The van der Waals surface area contributed by atoms with Gasteiger partial charge in [0.05, 0.1) is 4.92 Å². The van der Waals surface area contributed by atoms with Crippen LogP contribution in [0.25, 0.3) is 0 Å². The smallest absolute Gasteiger partial charge is 0.314 e.